The predicted octanol–water partition coefficient (Wildman–Crippen LogP) is 3.07. The number of aliphatic hydroxyl groups excluding tert-OH is 1. The van der Waals surface area contributed by atoms with E-state index in [2.05, 4.69) is 4.90 Å². The Morgan fingerprint density at radius 3 is 2.62 bits per heavy atom. The molecule has 0 spiro atoms. The average molecular weight is 399 g/mol. The number of likely N-dealkylation sites (N-methyl/N-ethyl adjacent to an activating group) is 1. The number of para-hydroxylation sites is 1. The lowest BCUT2D eigenvalue weighted by Crippen LogP contribution is -2.31. The van der Waals surface area contributed by atoms with E-state index in [9.17, 15) is 9.90 Å². The lowest BCUT2D eigenvalue weighted by molar-refractivity contribution is -0.132. The number of benzene rings is 2. The number of hydrogen-bond acceptors (Lipinski definition) is 5. The molecule has 29 heavy (non-hydrogen) atoms. The third kappa shape index (κ3) is 5.28. The van der Waals surface area contributed by atoms with Crippen LogP contribution in [-0.2, 0) is 11.3 Å². The number of methoxy groups -OCH3 is 1. The van der Waals surface area contributed by atoms with Crippen molar-refractivity contribution in [2.75, 3.05) is 34.3 Å². The van der Waals surface area contributed by atoms with Gasteiger partial charge in [-0.15, -0.1) is 0 Å². The van der Waals surface area contributed by atoms with Gasteiger partial charge in [-0.1, -0.05) is 24.3 Å². The average Bonchev–Trinajstić information content (AvgIpc) is 3.01. The molecule has 0 saturated carbocycles. The second-order valence-electron chi connectivity index (χ2n) is 7.87. The summed E-state index contributed by atoms with van der Waals surface area (Å²) < 4.78 is 11.6. The number of β-amino-alcohol motifs (C(OH)–C–C–N with tert-alkyl or cyclic N) is 1. The number of carbonyl (C=O) groups is 1. The van der Waals surface area contributed by atoms with Gasteiger partial charge in [0.2, 0.25) is 5.91 Å². The van der Waals surface area contributed by atoms with Crippen LogP contribution in [0.3, 0.4) is 0 Å². The van der Waals surface area contributed by atoms with Crippen LogP contribution in [0.2, 0.25) is 0 Å². The van der Waals surface area contributed by atoms with E-state index < -0.39 is 6.10 Å². The largest absolute Gasteiger partial charge is 0.493 e. The molecule has 0 aromatic heterocycles. The fraction of sp³-hybridized carbons (Fsp3) is 0.435. The molecule has 0 aliphatic carbocycles. The summed E-state index contributed by atoms with van der Waals surface area (Å²) in [4.78, 5) is 16.4. The van der Waals surface area contributed by atoms with Crippen molar-refractivity contribution in [1.82, 2.24) is 9.80 Å². The molecule has 3 rings (SSSR count). The Morgan fingerprint density at radius 2 is 1.93 bits per heavy atom. The minimum Gasteiger partial charge on any atom is -0.493 e. The summed E-state index contributed by atoms with van der Waals surface area (Å²) in [6.07, 6.45) is -0.0986. The van der Waals surface area contributed by atoms with Crippen molar-refractivity contribution in [3.05, 3.63) is 53.6 Å². The summed E-state index contributed by atoms with van der Waals surface area (Å²) in [5, 5.41) is 10.1. The van der Waals surface area contributed by atoms with Crippen LogP contribution in [-0.4, -0.2) is 61.2 Å². The maximum atomic E-state index is 12.7. The summed E-state index contributed by atoms with van der Waals surface area (Å²) >= 11 is 0. The monoisotopic (exact) mass is 398 g/mol. The second-order valence-corrected chi connectivity index (χ2v) is 7.87. The number of rotatable bonds is 7. The van der Waals surface area contributed by atoms with Gasteiger partial charge in [0.15, 0.2) is 11.5 Å². The number of likely N-dealkylation sites (tertiary alicyclic amines) is 1. The zero-order chi connectivity index (χ0) is 21.0. The molecule has 1 amide bonds. The maximum absolute atomic E-state index is 12.7. The zero-order valence-electron chi connectivity index (χ0n) is 17.6. The van der Waals surface area contributed by atoms with Crippen LogP contribution in [0.5, 0.6) is 17.2 Å². The van der Waals surface area contributed by atoms with E-state index in [4.69, 9.17) is 9.47 Å². The van der Waals surface area contributed by atoms with E-state index in [1.165, 1.54) is 0 Å². The van der Waals surface area contributed by atoms with Crippen molar-refractivity contribution < 1.29 is 19.4 Å². The van der Waals surface area contributed by atoms with Gasteiger partial charge in [0.25, 0.3) is 0 Å². The van der Waals surface area contributed by atoms with Gasteiger partial charge < -0.3 is 24.4 Å². The molecule has 1 saturated heterocycles. The quantitative estimate of drug-likeness (QED) is 0.777. The van der Waals surface area contributed by atoms with Crippen molar-refractivity contribution >= 4 is 5.91 Å². The smallest absolute Gasteiger partial charge is 0.223 e. The molecule has 1 fully saturated rings. The lowest BCUT2D eigenvalue weighted by Gasteiger charge is -2.22. The number of hydrogen-bond donors (Lipinski definition) is 1. The first-order chi connectivity index (χ1) is 13.9. The van der Waals surface area contributed by atoms with E-state index in [0.29, 0.717) is 36.8 Å². The third-order valence-corrected chi connectivity index (χ3v) is 5.37. The molecule has 2 aromatic carbocycles. The SMILES string of the molecule is COc1cc(C)ccc1Oc1ccccc1CN(C)C(=O)C[C@@H]1CN(C)C[C@H]1O. The first-order valence-corrected chi connectivity index (χ1v) is 9.88. The van der Waals surface area contributed by atoms with Crippen LogP contribution < -0.4 is 9.47 Å². The zero-order valence-corrected chi connectivity index (χ0v) is 17.6. The van der Waals surface area contributed by atoms with Gasteiger partial charge in [-0.3, -0.25) is 4.79 Å². The van der Waals surface area contributed by atoms with Gasteiger partial charge in [0.1, 0.15) is 5.75 Å². The molecule has 0 radical (unpaired) electrons. The Kier molecular flexibility index (Phi) is 6.77. The number of nitrogens with zero attached hydrogens (tertiary/aromatic N) is 2. The topological polar surface area (TPSA) is 62.2 Å². The Labute approximate surface area is 172 Å². The van der Waals surface area contributed by atoms with Crippen LogP contribution in [0.15, 0.2) is 42.5 Å². The van der Waals surface area contributed by atoms with Gasteiger partial charge in [-0.25, -0.2) is 0 Å². The van der Waals surface area contributed by atoms with Crippen molar-refractivity contribution in [3.8, 4) is 17.2 Å². The molecule has 1 aliphatic heterocycles. The molecule has 1 N–H and O–H groups in total. The molecule has 1 aliphatic rings. The summed E-state index contributed by atoms with van der Waals surface area (Å²) in [5.41, 5.74) is 2.00. The normalized spacial score (nSPS) is 19.2. The highest BCUT2D eigenvalue weighted by Gasteiger charge is 2.31. The lowest BCUT2D eigenvalue weighted by atomic mass is 10.0. The molecule has 2 atom stereocenters. The molecule has 2 aromatic rings. The Balaban J connectivity index is 1.69. The Morgan fingerprint density at radius 1 is 1.17 bits per heavy atom. The van der Waals surface area contributed by atoms with Crippen LogP contribution in [0.25, 0.3) is 0 Å². The first kappa shape index (κ1) is 21.1. The summed E-state index contributed by atoms with van der Waals surface area (Å²) in [6, 6.07) is 13.5. The molecule has 156 valence electrons. The minimum absolute atomic E-state index is 0.0155. The van der Waals surface area contributed by atoms with Crippen LogP contribution >= 0.6 is 0 Å². The van der Waals surface area contributed by atoms with Gasteiger partial charge in [0.05, 0.1) is 13.2 Å². The van der Waals surface area contributed by atoms with Crippen LogP contribution in [0.4, 0.5) is 0 Å². The number of amides is 1. The highest BCUT2D eigenvalue weighted by molar-refractivity contribution is 5.76. The van der Waals surface area contributed by atoms with Crippen molar-refractivity contribution in [2.24, 2.45) is 5.92 Å². The van der Waals surface area contributed by atoms with Crippen molar-refractivity contribution in [2.45, 2.75) is 26.0 Å². The van der Waals surface area contributed by atoms with E-state index in [0.717, 1.165) is 17.7 Å². The predicted molar refractivity (Wildman–Crippen MR) is 112 cm³/mol. The molecular weight excluding hydrogens is 368 g/mol. The molecule has 0 unspecified atom stereocenters. The number of ether oxygens (including phenoxy) is 2. The number of aryl methyl sites for hydroxylation is 1. The molecule has 0 bridgehead atoms. The number of aliphatic hydroxyl groups is 1. The summed E-state index contributed by atoms with van der Waals surface area (Å²) in [5.74, 6) is 2.00. The molecule has 6 heteroatoms. The maximum Gasteiger partial charge on any atom is 0.223 e. The molecule has 1 heterocycles. The third-order valence-electron chi connectivity index (χ3n) is 5.37. The fourth-order valence-corrected chi connectivity index (χ4v) is 3.70. The second kappa shape index (κ2) is 9.29. The highest BCUT2D eigenvalue weighted by atomic mass is 16.5. The minimum atomic E-state index is -0.443. The summed E-state index contributed by atoms with van der Waals surface area (Å²) in [7, 11) is 5.37. The van der Waals surface area contributed by atoms with Gasteiger partial charge in [-0.2, -0.15) is 0 Å². The van der Waals surface area contributed by atoms with Gasteiger partial charge >= 0.3 is 0 Å². The van der Waals surface area contributed by atoms with E-state index >= 15 is 0 Å². The summed E-state index contributed by atoms with van der Waals surface area (Å²) in [6.45, 7) is 3.80. The van der Waals surface area contributed by atoms with Gasteiger partial charge in [0, 0.05) is 44.6 Å². The van der Waals surface area contributed by atoms with E-state index in [1.54, 1.807) is 19.1 Å². The Hall–Kier alpha value is -2.57. The van der Waals surface area contributed by atoms with Crippen LogP contribution in [0.1, 0.15) is 17.5 Å². The standard InChI is InChI=1S/C23H30N2O4/c1-16-9-10-21(22(11-16)28-4)29-20-8-6-5-7-17(20)14-25(3)23(27)12-18-13-24(2)15-19(18)26/h5-11,18-19,26H,12-15H2,1-4H3/t18-,19-/m1/s1. The Bertz CT molecular complexity index is 855. The molecular formula is C23H30N2O4. The van der Waals surface area contributed by atoms with Crippen molar-refractivity contribution in [3.63, 3.8) is 0 Å². The fourth-order valence-electron chi connectivity index (χ4n) is 3.70. The molecule has 6 nitrogen and oxygen atoms in total. The van der Waals surface area contributed by atoms with Gasteiger partial charge in [-0.05, 0) is 37.7 Å². The van der Waals surface area contributed by atoms with Crippen molar-refractivity contribution in [1.29, 1.82) is 0 Å². The van der Waals surface area contributed by atoms with E-state index in [-0.39, 0.29) is 11.8 Å². The number of carbonyl (C=O) groups excluding carboxylic acids is 1. The first-order valence-electron chi connectivity index (χ1n) is 9.88. The highest BCUT2D eigenvalue weighted by Crippen LogP contribution is 2.34. The van der Waals surface area contributed by atoms with Crippen LogP contribution in [0, 0.1) is 12.8 Å². The van der Waals surface area contributed by atoms with E-state index in [1.807, 2.05) is 56.4 Å².